The normalized spacial score (nSPS) is 17.8. The Labute approximate surface area is 132 Å². The largest absolute Gasteiger partial charge is 0.491 e. The fraction of sp³-hybridized carbons (Fsp3) is 0.625. The maximum absolute atomic E-state index is 9.92. The minimum Gasteiger partial charge on any atom is -0.491 e. The van der Waals surface area contributed by atoms with E-state index in [9.17, 15) is 5.11 Å². The number of rotatable bonds is 9. The van der Waals surface area contributed by atoms with Gasteiger partial charge in [0, 0.05) is 30.2 Å². The Morgan fingerprint density at radius 2 is 2.19 bits per heavy atom. The summed E-state index contributed by atoms with van der Waals surface area (Å²) >= 11 is 5.88. The SMILES string of the molecule is CC(CNCC(O)COc1cccc(Cl)c1)N(C)C1CC1. The van der Waals surface area contributed by atoms with E-state index in [-0.39, 0.29) is 6.61 Å². The van der Waals surface area contributed by atoms with Crippen molar-refractivity contribution in [2.24, 2.45) is 0 Å². The van der Waals surface area contributed by atoms with Crippen molar-refractivity contribution >= 4 is 11.6 Å². The molecule has 0 amide bonds. The quantitative estimate of drug-likeness (QED) is 0.733. The van der Waals surface area contributed by atoms with Gasteiger partial charge in [0.05, 0.1) is 0 Å². The molecule has 0 aliphatic heterocycles. The number of nitrogens with zero attached hydrogens (tertiary/aromatic N) is 1. The highest BCUT2D eigenvalue weighted by molar-refractivity contribution is 6.30. The Bertz CT molecular complexity index is 440. The van der Waals surface area contributed by atoms with Crippen LogP contribution in [0.1, 0.15) is 19.8 Å². The first kappa shape index (κ1) is 16.6. The lowest BCUT2D eigenvalue weighted by atomic mass is 10.2. The lowest BCUT2D eigenvalue weighted by Gasteiger charge is -2.25. The number of aliphatic hydroxyl groups excluding tert-OH is 1. The molecule has 2 N–H and O–H groups in total. The van der Waals surface area contributed by atoms with Crippen LogP contribution in [0.5, 0.6) is 5.75 Å². The van der Waals surface area contributed by atoms with E-state index in [1.165, 1.54) is 12.8 Å². The summed E-state index contributed by atoms with van der Waals surface area (Å²) in [4.78, 5) is 2.40. The van der Waals surface area contributed by atoms with Gasteiger partial charge in [-0.15, -0.1) is 0 Å². The minimum atomic E-state index is -0.526. The van der Waals surface area contributed by atoms with Crippen LogP contribution < -0.4 is 10.1 Å². The van der Waals surface area contributed by atoms with Crippen molar-refractivity contribution in [3.63, 3.8) is 0 Å². The summed E-state index contributed by atoms with van der Waals surface area (Å²) in [7, 11) is 2.17. The Morgan fingerprint density at radius 1 is 1.43 bits per heavy atom. The van der Waals surface area contributed by atoms with E-state index in [0.29, 0.717) is 23.4 Å². The second kappa shape index (κ2) is 7.99. The molecule has 2 atom stereocenters. The van der Waals surface area contributed by atoms with Crippen LogP contribution in [0.4, 0.5) is 0 Å². The summed E-state index contributed by atoms with van der Waals surface area (Å²) in [5.41, 5.74) is 0. The summed E-state index contributed by atoms with van der Waals surface area (Å²) < 4.78 is 5.52. The summed E-state index contributed by atoms with van der Waals surface area (Å²) in [6, 6.07) is 8.45. The maximum Gasteiger partial charge on any atom is 0.120 e. The van der Waals surface area contributed by atoms with Crippen LogP contribution >= 0.6 is 11.6 Å². The van der Waals surface area contributed by atoms with Gasteiger partial charge in [-0.1, -0.05) is 17.7 Å². The summed E-state index contributed by atoms with van der Waals surface area (Å²) in [6.07, 6.45) is 2.11. The van der Waals surface area contributed by atoms with Crippen LogP contribution in [0.25, 0.3) is 0 Å². The molecular weight excluding hydrogens is 288 g/mol. The molecule has 0 spiro atoms. The monoisotopic (exact) mass is 312 g/mol. The Hall–Kier alpha value is -0.810. The average molecular weight is 313 g/mol. The van der Waals surface area contributed by atoms with Crippen LogP contribution in [-0.4, -0.2) is 54.9 Å². The Kier molecular flexibility index (Phi) is 6.30. The predicted octanol–water partition coefficient (Wildman–Crippen LogP) is 2.15. The van der Waals surface area contributed by atoms with E-state index in [2.05, 4.69) is 24.2 Å². The number of hydrogen-bond acceptors (Lipinski definition) is 4. The molecule has 4 nitrogen and oxygen atoms in total. The summed E-state index contributed by atoms with van der Waals surface area (Å²) in [5.74, 6) is 0.684. The molecule has 0 bridgehead atoms. The highest BCUT2D eigenvalue weighted by Gasteiger charge is 2.28. The molecule has 0 aromatic heterocycles. The van der Waals surface area contributed by atoms with Crippen molar-refractivity contribution in [1.29, 1.82) is 0 Å². The topological polar surface area (TPSA) is 44.7 Å². The van der Waals surface area contributed by atoms with Gasteiger partial charge in [-0.3, -0.25) is 4.90 Å². The van der Waals surface area contributed by atoms with Gasteiger partial charge in [0.25, 0.3) is 0 Å². The minimum absolute atomic E-state index is 0.264. The molecule has 1 aliphatic carbocycles. The van der Waals surface area contributed by atoms with Gasteiger partial charge in [-0.05, 0) is 45.0 Å². The fourth-order valence-electron chi connectivity index (χ4n) is 2.25. The van der Waals surface area contributed by atoms with E-state index < -0.39 is 6.10 Å². The molecule has 2 unspecified atom stereocenters. The van der Waals surface area contributed by atoms with Crippen molar-refractivity contribution in [3.8, 4) is 5.75 Å². The highest BCUT2D eigenvalue weighted by atomic mass is 35.5. The predicted molar refractivity (Wildman–Crippen MR) is 86.1 cm³/mol. The van der Waals surface area contributed by atoms with Gasteiger partial charge < -0.3 is 15.2 Å². The van der Waals surface area contributed by atoms with Crippen molar-refractivity contribution in [1.82, 2.24) is 10.2 Å². The number of benzene rings is 1. The number of ether oxygens (including phenoxy) is 1. The molecule has 1 aliphatic rings. The Morgan fingerprint density at radius 3 is 2.86 bits per heavy atom. The number of likely N-dealkylation sites (N-methyl/N-ethyl adjacent to an activating group) is 1. The van der Waals surface area contributed by atoms with Gasteiger partial charge in [0.1, 0.15) is 18.5 Å². The lowest BCUT2D eigenvalue weighted by molar-refractivity contribution is 0.104. The molecule has 0 saturated heterocycles. The van der Waals surface area contributed by atoms with E-state index in [1.54, 1.807) is 12.1 Å². The molecule has 1 saturated carbocycles. The molecule has 118 valence electrons. The van der Waals surface area contributed by atoms with E-state index >= 15 is 0 Å². The van der Waals surface area contributed by atoms with Crippen LogP contribution in [0, 0.1) is 0 Å². The summed E-state index contributed by atoms with van der Waals surface area (Å²) in [5, 5.41) is 13.9. The third kappa shape index (κ3) is 5.83. The zero-order valence-electron chi connectivity index (χ0n) is 12.8. The van der Waals surface area contributed by atoms with Gasteiger partial charge in [-0.2, -0.15) is 0 Å². The van der Waals surface area contributed by atoms with Gasteiger partial charge in [0.2, 0.25) is 0 Å². The molecule has 1 fully saturated rings. The number of nitrogens with one attached hydrogen (secondary N) is 1. The maximum atomic E-state index is 9.92. The first-order valence-electron chi connectivity index (χ1n) is 7.55. The standard InChI is InChI=1S/C16H25ClN2O2/c1-12(19(2)14-6-7-14)9-18-10-15(20)11-21-16-5-3-4-13(17)8-16/h3-5,8,12,14-15,18,20H,6-7,9-11H2,1-2H3. The first-order chi connectivity index (χ1) is 10.1. The van der Waals surface area contributed by atoms with Crippen molar-refractivity contribution in [2.75, 3.05) is 26.7 Å². The van der Waals surface area contributed by atoms with Gasteiger partial charge in [0.15, 0.2) is 0 Å². The van der Waals surface area contributed by atoms with Crippen molar-refractivity contribution in [3.05, 3.63) is 29.3 Å². The molecule has 21 heavy (non-hydrogen) atoms. The van der Waals surface area contributed by atoms with Gasteiger partial charge in [-0.25, -0.2) is 0 Å². The highest BCUT2D eigenvalue weighted by Crippen LogP contribution is 2.26. The first-order valence-corrected chi connectivity index (χ1v) is 7.93. The van der Waals surface area contributed by atoms with E-state index in [0.717, 1.165) is 12.6 Å². The molecule has 1 aromatic rings. The van der Waals surface area contributed by atoms with E-state index in [1.807, 2.05) is 12.1 Å². The zero-order chi connectivity index (χ0) is 15.2. The van der Waals surface area contributed by atoms with Gasteiger partial charge >= 0.3 is 0 Å². The average Bonchev–Trinajstić information content (AvgIpc) is 3.29. The van der Waals surface area contributed by atoms with Crippen LogP contribution in [0.15, 0.2) is 24.3 Å². The molecule has 2 rings (SSSR count). The fourth-order valence-corrected chi connectivity index (χ4v) is 2.43. The summed E-state index contributed by atoms with van der Waals surface area (Å²) in [6.45, 7) is 3.88. The molecule has 0 radical (unpaired) electrons. The molecular formula is C16H25ClN2O2. The lowest BCUT2D eigenvalue weighted by Crippen LogP contribution is -2.42. The van der Waals surface area contributed by atoms with Crippen LogP contribution in [0.2, 0.25) is 5.02 Å². The van der Waals surface area contributed by atoms with E-state index in [4.69, 9.17) is 16.3 Å². The number of halogens is 1. The smallest absolute Gasteiger partial charge is 0.120 e. The molecule has 0 heterocycles. The Balaban J connectivity index is 1.59. The molecule has 5 heteroatoms. The molecule has 1 aromatic carbocycles. The third-order valence-corrected chi connectivity index (χ3v) is 4.11. The zero-order valence-corrected chi connectivity index (χ0v) is 13.5. The number of aliphatic hydroxyl groups is 1. The second-order valence-electron chi connectivity index (χ2n) is 5.83. The van der Waals surface area contributed by atoms with Crippen LogP contribution in [-0.2, 0) is 0 Å². The second-order valence-corrected chi connectivity index (χ2v) is 6.26. The van der Waals surface area contributed by atoms with Crippen LogP contribution in [0.3, 0.4) is 0 Å². The third-order valence-electron chi connectivity index (χ3n) is 3.88. The van der Waals surface area contributed by atoms with Crippen molar-refractivity contribution < 1.29 is 9.84 Å². The van der Waals surface area contributed by atoms with Crippen molar-refractivity contribution in [2.45, 2.75) is 38.0 Å². The number of hydrogen-bond donors (Lipinski definition) is 2.